The minimum atomic E-state index is -0.454. The molecule has 3 aromatic rings. The number of ether oxygens (including phenoxy) is 4. The second kappa shape index (κ2) is 7.49. The molecule has 0 saturated heterocycles. The third-order valence-corrected chi connectivity index (χ3v) is 4.33. The Morgan fingerprint density at radius 3 is 2.07 bits per heavy atom. The summed E-state index contributed by atoms with van der Waals surface area (Å²) >= 11 is 0. The molecule has 3 rings (SSSR count). The zero-order chi connectivity index (χ0) is 19.6. The van der Waals surface area contributed by atoms with Gasteiger partial charge in [0.05, 0.1) is 34.1 Å². The van der Waals surface area contributed by atoms with E-state index in [0.29, 0.717) is 34.3 Å². The van der Waals surface area contributed by atoms with Gasteiger partial charge in [0, 0.05) is 42.4 Å². The number of hydrogen-bond donors (Lipinski definition) is 0. The fraction of sp³-hybridized carbons (Fsp3) is 0.250. The summed E-state index contributed by atoms with van der Waals surface area (Å²) in [5.74, 6) is 2.15. The molecule has 0 saturated carbocycles. The molecule has 1 heterocycles. The molecule has 27 heavy (non-hydrogen) atoms. The topological polar surface area (TPSA) is 70.4 Å². The largest absolute Gasteiger partial charge is 0.497 e. The van der Waals surface area contributed by atoms with Gasteiger partial charge in [0.2, 0.25) is 5.75 Å². The standard InChI is InChI=1S/C20H21NO6/c1-21(12-8-17(24-3)20(26-5)18(9-12)25-4)15-11-19(22)27-16-10-13(23-2)6-7-14(15)16/h6-11H,1-5H3. The third-order valence-electron chi connectivity index (χ3n) is 4.33. The van der Waals surface area contributed by atoms with Gasteiger partial charge < -0.3 is 28.3 Å². The van der Waals surface area contributed by atoms with Gasteiger partial charge in [-0.25, -0.2) is 4.79 Å². The maximum atomic E-state index is 12.1. The fourth-order valence-electron chi connectivity index (χ4n) is 2.93. The lowest BCUT2D eigenvalue weighted by Gasteiger charge is -2.23. The normalized spacial score (nSPS) is 10.6. The van der Waals surface area contributed by atoms with Crippen molar-refractivity contribution >= 4 is 22.3 Å². The van der Waals surface area contributed by atoms with Crippen LogP contribution in [-0.2, 0) is 0 Å². The Balaban J connectivity index is 2.19. The monoisotopic (exact) mass is 371 g/mol. The molecule has 0 bridgehead atoms. The number of benzene rings is 2. The zero-order valence-electron chi connectivity index (χ0n) is 15.9. The maximum absolute atomic E-state index is 12.1. The van der Waals surface area contributed by atoms with Gasteiger partial charge in [-0.3, -0.25) is 0 Å². The zero-order valence-corrected chi connectivity index (χ0v) is 15.9. The van der Waals surface area contributed by atoms with E-state index in [9.17, 15) is 4.79 Å². The average molecular weight is 371 g/mol. The van der Waals surface area contributed by atoms with Crippen molar-refractivity contribution in [3.63, 3.8) is 0 Å². The van der Waals surface area contributed by atoms with Gasteiger partial charge in [0.1, 0.15) is 11.3 Å². The fourth-order valence-corrected chi connectivity index (χ4v) is 2.93. The molecule has 2 aromatic carbocycles. The van der Waals surface area contributed by atoms with E-state index in [2.05, 4.69) is 0 Å². The lowest BCUT2D eigenvalue weighted by atomic mass is 10.1. The smallest absolute Gasteiger partial charge is 0.338 e. The number of hydrogen-bond acceptors (Lipinski definition) is 7. The molecular weight excluding hydrogens is 350 g/mol. The van der Waals surface area contributed by atoms with Crippen molar-refractivity contribution in [2.24, 2.45) is 0 Å². The highest BCUT2D eigenvalue weighted by molar-refractivity contribution is 5.93. The van der Waals surface area contributed by atoms with Crippen LogP contribution in [0.3, 0.4) is 0 Å². The molecule has 7 nitrogen and oxygen atoms in total. The summed E-state index contributed by atoms with van der Waals surface area (Å²) in [5.41, 5.74) is 1.42. The van der Waals surface area contributed by atoms with E-state index in [1.54, 1.807) is 34.5 Å². The summed E-state index contributed by atoms with van der Waals surface area (Å²) in [6.07, 6.45) is 0. The Bertz CT molecular complexity index is 1000. The summed E-state index contributed by atoms with van der Waals surface area (Å²) < 4.78 is 26.7. The molecule has 0 spiro atoms. The Morgan fingerprint density at radius 1 is 0.852 bits per heavy atom. The number of rotatable bonds is 6. The van der Waals surface area contributed by atoms with Crippen molar-refractivity contribution < 1.29 is 23.4 Å². The second-order valence-electron chi connectivity index (χ2n) is 5.76. The Morgan fingerprint density at radius 2 is 1.52 bits per heavy atom. The van der Waals surface area contributed by atoms with Gasteiger partial charge in [0.25, 0.3) is 0 Å². The van der Waals surface area contributed by atoms with Crippen LogP contribution in [0.4, 0.5) is 11.4 Å². The van der Waals surface area contributed by atoms with Gasteiger partial charge in [0.15, 0.2) is 11.5 Å². The molecule has 0 radical (unpaired) electrons. The van der Waals surface area contributed by atoms with Crippen molar-refractivity contribution in [2.45, 2.75) is 0 Å². The van der Waals surface area contributed by atoms with E-state index in [1.165, 1.54) is 6.07 Å². The number of methoxy groups -OCH3 is 4. The molecule has 0 aliphatic heterocycles. The first-order chi connectivity index (χ1) is 13.0. The number of fused-ring (bicyclic) bond motifs is 1. The van der Waals surface area contributed by atoms with Crippen LogP contribution in [0.15, 0.2) is 45.6 Å². The van der Waals surface area contributed by atoms with Gasteiger partial charge in [-0.05, 0) is 12.1 Å². The Kier molecular flexibility index (Phi) is 5.12. The Labute approximate surface area is 156 Å². The van der Waals surface area contributed by atoms with Crippen LogP contribution in [-0.4, -0.2) is 35.5 Å². The van der Waals surface area contributed by atoms with E-state index >= 15 is 0 Å². The van der Waals surface area contributed by atoms with E-state index in [0.717, 1.165) is 11.1 Å². The van der Waals surface area contributed by atoms with Gasteiger partial charge in [-0.1, -0.05) is 0 Å². The van der Waals surface area contributed by atoms with Crippen LogP contribution in [0.2, 0.25) is 0 Å². The van der Waals surface area contributed by atoms with Gasteiger partial charge in [-0.2, -0.15) is 0 Å². The van der Waals surface area contributed by atoms with E-state index in [4.69, 9.17) is 23.4 Å². The summed E-state index contributed by atoms with van der Waals surface area (Å²) in [4.78, 5) is 13.9. The molecular formula is C20H21NO6. The van der Waals surface area contributed by atoms with Crippen LogP contribution < -0.4 is 29.5 Å². The lowest BCUT2D eigenvalue weighted by Crippen LogP contribution is -2.13. The molecule has 0 aliphatic rings. The summed E-state index contributed by atoms with van der Waals surface area (Å²) in [7, 11) is 8.07. The van der Waals surface area contributed by atoms with Crippen molar-refractivity contribution in [3.05, 3.63) is 46.8 Å². The maximum Gasteiger partial charge on any atom is 0.338 e. The first-order valence-electron chi connectivity index (χ1n) is 8.18. The van der Waals surface area contributed by atoms with Crippen molar-refractivity contribution in [1.82, 2.24) is 0 Å². The molecule has 0 N–H and O–H groups in total. The lowest BCUT2D eigenvalue weighted by molar-refractivity contribution is 0.324. The first kappa shape index (κ1) is 18.4. The molecule has 0 fully saturated rings. The number of nitrogens with zero attached hydrogens (tertiary/aromatic N) is 1. The highest BCUT2D eigenvalue weighted by atomic mass is 16.5. The Hall–Kier alpha value is -3.35. The summed E-state index contributed by atoms with van der Waals surface area (Å²) in [5, 5.41) is 0.770. The predicted molar refractivity (Wildman–Crippen MR) is 103 cm³/mol. The predicted octanol–water partition coefficient (Wildman–Crippen LogP) is 3.60. The molecule has 1 aromatic heterocycles. The van der Waals surface area contributed by atoms with E-state index < -0.39 is 5.63 Å². The van der Waals surface area contributed by atoms with E-state index in [1.807, 2.05) is 36.2 Å². The SMILES string of the molecule is COc1ccc2c(N(C)c3cc(OC)c(OC)c(OC)c3)cc(=O)oc2c1. The molecule has 0 unspecified atom stereocenters. The van der Waals surface area contributed by atoms with Gasteiger partial charge in [-0.15, -0.1) is 0 Å². The number of anilines is 2. The molecule has 0 atom stereocenters. The molecule has 0 amide bonds. The van der Waals surface area contributed by atoms with Crippen LogP contribution in [0.1, 0.15) is 0 Å². The average Bonchev–Trinajstić information content (AvgIpc) is 2.70. The highest BCUT2D eigenvalue weighted by Gasteiger charge is 2.18. The molecule has 142 valence electrons. The van der Waals surface area contributed by atoms with Crippen molar-refractivity contribution in [2.75, 3.05) is 40.4 Å². The third kappa shape index (κ3) is 3.36. The summed E-state index contributed by atoms with van der Waals surface area (Å²) in [6, 6.07) is 10.4. The van der Waals surface area contributed by atoms with Gasteiger partial charge >= 0.3 is 5.63 Å². The van der Waals surface area contributed by atoms with Crippen LogP contribution >= 0.6 is 0 Å². The molecule has 7 heteroatoms. The van der Waals surface area contributed by atoms with Crippen LogP contribution in [0, 0.1) is 0 Å². The van der Waals surface area contributed by atoms with E-state index in [-0.39, 0.29) is 0 Å². The van der Waals surface area contributed by atoms with Crippen LogP contribution in [0.5, 0.6) is 23.0 Å². The van der Waals surface area contributed by atoms with Crippen LogP contribution in [0.25, 0.3) is 11.0 Å². The molecule has 0 aliphatic carbocycles. The van der Waals surface area contributed by atoms with Crippen molar-refractivity contribution in [3.8, 4) is 23.0 Å². The summed E-state index contributed by atoms with van der Waals surface area (Å²) in [6.45, 7) is 0. The van der Waals surface area contributed by atoms with Crippen molar-refractivity contribution in [1.29, 1.82) is 0 Å². The quantitative estimate of drug-likeness (QED) is 0.613. The first-order valence-corrected chi connectivity index (χ1v) is 8.18. The second-order valence-corrected chi connectivity index (χ2v) is 5.76. The highest BCUT2D eigenvalue weighted by Crippen LogP contribution is 2.42. The minimum Gasteiger partial charge on any atom is -0.497 e. The minimum absolute atomic E-state index is 0.441.